The van der Waals surface area contributed by atoms with Gasteiger partial charge in [-0.05, 0) is 49.6 Å². The minimum absolute atomic E-state index is 0.0799. The Morgan fingerprint density at radius 1 is 1.03 bits per heavy atom. The monoisotopic (exact) mass is 467 g/mol. The number of rotatable bonds is 7. The maximum atomic E-state index is 13.0. The lowest BCUT2D eigenvalue weighted by atomic mass is 10.0. The van der Waals surface area contributed by atoms with Gasteiger partial charge in [-0.2, -0.15) is 0 Å². The van der Waals surface area contributed by atoms with Crippen LogP contribution in [0.15, 0.2) is 48.5 Å². The van der Waals surface area contributed by atoms with Crippen molar-refractivity contribution < 1.29 is 14.0 Å². The number of hydrogen-bond acceptors (Lipinski definition) is 6. The molecule has 4 rings (SSSR count). The van der Waals surface area contributed by atoms with Crippen LogP contribution in [0.25, 0.3) is 0 Å². The normalized spacial score (nSPS) is 14.7. The molecule has 0 bridgehead atoms. The minimum atomic E-state index is -0.358. The third-order valence-corrected chi connectivity index (χ3v) is 6.53. The molecule has 0 atom stereocenters. The van der Waals surface area contributed by atoms with E-state index >= 15 is 0 Å². The fourth-order valence-electron chi connectivity index (χ4n) is 3.67. The lowest BCUT2D eigenvalue weighted by Gasteiger charge is -2.31. The molecule has 1 fully saturated rings. The Bertz CT molecular complexity index is 1090. The Kier molecular flexibility index (Phi) is 7.41. The largest absolute Gasteiger partial charge is 0.349 e. The summed E-state index contributed by atoms with van der Waals surface area (Å²) in [5, 5.41) is 15.3. The van der Waals surface area contributed by atoms with Gasteiger partial charge in [0.2, 0.25) is 5.01 Å². The van der Waals surface area contributed by atoms with Crippen molar-refractivity contribution in [3.63, 3.8) is 0 Å². The van der Waals surface area contributed by atoms with Crippen LogP contribution in [0.1, 0.15) is 49.1 Å². The maximum absolute atomic E-state index is 13.0. The van der Waals surface area contributed by atoms with E-state index in [0.717, 1.165) is 36.5 Å². The van der Waals surface area contributed by atoms with Gasteiger partial charge in [-0.15, -0.1) is 10.2 Å². The summed E-state index contributed by atoms with van der Waals surface area (Å²) in [6.07, 6.45) is 1.63. The molecule has 0 saturated carbocycles. The second-order valence-corrected chi connectivity index (χ2v) is 9.26. The summed E-state index contributed by atoms with van der Waals surface area (Å²) >= 11 is 1.31. The molecule has 2 N–H and O–H groups in total. The van der Waals surface area contributed by atoms with E-state index in [-0.39, 0.29) is 23.7 Å². The van der Waals surface area contributed by atoms with E-state index < -0.39 is 0 Å². The van der Waals surface area contributed by atoms with Gasteiger partial charge in [0.1, 0.15) is 10.8 Å². The highest BCUT2D eigenvalue weighted by molar-refractivity contribution is 7.13. The first kappa shape index (κ1) is 23.0. The molecule has 3 aromatic rings. The number of halogens is 1. The van der Waals surface area contributed by atoms with Gasteiger partial charge in [-0.25, -0.2) is 4.39 Å². The molecule has 0 unspecified atom stereocenters. The zero-order valence-electron chi connectivity index (χ0n) is 18.4. The predicted molar refractivity (Wildman–Crippen MR) is 124 cm³/mol. The smallest absolute Gasteiger partial charge is 0.282 e. The van der Waals surface area contributed by atoms with Crippen LogP contribution in [0.3, 0.4) is 0 Å². The second-order valence-electron chi connectivity index (χ2n) is 8.20. The van der Waals surface area contributed by atoms with Crippen LogP contribution in [-0.2, 0) is 13.1 Å². The van der Waals surface area contributed by atoms with Crippen molar-refractivity contribution in [2.45, 2.75) is 38.9 Å². The van der Waals surface area contributed by atoms with Crippen molar-refractivity contribution in [1.82, 2.24) is 25.7 Å². The SMILES string of the molecule is Cc1ccc(CNC(=O)c2nnc(CN3CCC(NC(=O)c4ccc(F)cc4)CC3)s2)cc1. The summed E-state index contributed by atoms with van der Waals surface area (Å²) in [4.78, 5) is 27.0. The molecule has 0 radical (unpaired) electrons. The molecule has 9 heteroatoms. The summed E-state index contributed by atoms with van der Waals surface area (Å²) in [5.41, 5.74) is 2.67. The van der Waals surface area contributed by atoms with E-state index in [2.05, 4.69) is 25.7 Å². The van der Waals surface area contributed by atoms with Crippen LogP contribution in [0.4, 0.5) is 4.39 Å². The molecule has 7 nitrogen and oxygen atoms in total. The van der Waals surface area contributed by atoms with Gasteiger partial charge in [0, 0.05) is 31.2 Å². The van der Waals surface area contributed by atoms with Gasteiger partial charge in [0.25, 0.3) is 11.8 Å². The average Bonchev–Trinajstić information content (AvgIpc) is 3.29. The lowest BCUT2D eigenvalue weighted by molar-refractivity contribution is 0.0907. The molecule has 1 aliphatic rings. The van der Waals surface area contributed by atoms with Crippen LogP contribution < -0.4 is 10.6 Å². The first-order valence-corrected chi connectivity index (χ1v) is 11.7. The van der Waals surface area contributed by atoms with E-state index in [1.807, 2.05) is 31.2 Å². The first-order chi connectivity index (χ1) is 16.0. The molecule has 172 valence electrons. The molecular formula is C24H26FN5O2S. The molecule has 0 spiro atoms. The quantitative estimate of drug-likeness (QED) is 0.557. The number of nitrogens with one attached hydrogen (secondary N) is 2. The molecule has 2 aromatic carbocycles. The summed E-state index contributed by atoms with van der Waals surface area (Å²) in [6.45, 7) is 4.72. The standard InChI is InChI=1S/C24H26FN5O2S/c1-16-2-4-17(5-3-16)14-26-23(32)24-29-28-21(33-24)15-30-12-10-20(11-13-30)27-22(31)18-6-8-19(25)9-7-18/h2-9,20H,10-15H2,1H3,(H,26,32)(H,27,31). The van der Waals surface area contributed by atoms with Gasteiger partial charge < -0.3 is 10.6 Å². The number of benzene rings is 2. The van der Waals surface area contributed by atoms with Crippen LogP contribution in [0.5, 0.6) is 0 Å². The van der Waals surface area contributed by atoms with E-state index in [1.165, 1.54) is 41.2 Å². The fourth-order valence-corrected chi connectivity index (χ4v) is 4.47. The lowest BCUT2D eigenvalue weighted by Crippen LogP contribution is -2.44. The summed E-state index contributed by atoms with van der Waals surface area (Å²) in [5.74, 6) is -0.760. The van der Waals surface area contributed by atoms with Crippen molar-refractivity contribution >= 4 is 23.2 Å². The Balaban J connectivity index is 1.21. The number of likely N-dealkylation sites (tertiary alicyclic amines) is 1. The molecule has 1 aliphatic heterocycles. The zero-order chi connectivity index (χ0) is 23.2. The van der Waals surface area contributed by atoms with Crippen LogP contribution in [0.2, 0.25) is 0 Å². The maximum Gasteiger partial charge on any atom is 0.282 e. The van der Waals surface area contributed by atoms with E-state index in [9.17, 15) is 14.0 Å². The van der Waals surface area contributed by atoms with E-state index in [4.69, 9.17) is 0 Å². The molecule has 33 heavy (non-hydrogen) atoms. The van der Waals surface area contributed by atoms with E-state index in [0.29, 0.717) is 23.7 Å². The van der Waals surface area contributed by atoms with E-state index in [1.54, 1.807) is 0 Å². The molecule has 1 aromatic heterocycles. The fraction of sp³-hybridized carbons (Fsp3) is 0.333. The molecule has 0 aliphatic carbocycles. The average molecular weight is 468 g/mol. The molecule has 1 saturated heterocycles. The van der Waals surface area contributed by atoms with Crippen molar-refractivity contribution in [3.05, 3.63) is 81.1 Å². The Morgan fingerprint density at radius 2 is 1.73 bits per heavy atom. The third-order valence-electron chi connectivity index (χ3n) is 5.62. The highest BCUT2D eigenvalue weighted by Crippen LogP contribution is 2.17. The van der Waals surface area contributed by atoms with Gasteiger partial charge >= 0.3 is 0 Å². The number of hydrogen-bond donors (Lipinski definition) is 2. The number of amides is 2. The Hall–Kier alpha value is -3.17. The minimum Gasteiger partial charge on any atom is -0.349 e. The number of aryl methyl sites for hydroxylation is 1. The highest BCUT2D eigenvalue weighted by atomic mass is 32.1. The topological polar surface area (TPSA) is 87.2 Å². The summed E-state index contributed by atoms with van der Waals surface area (Å²) < 4.78 is 13.0. The van der Waals surface area contributed by atoms with Gasteiger partial charge in [-0.1, -0.05) is 41.2 Å². The summed E-state index contributed by atoms with van der Waals surface area (Å²) in [6, 6.07) is 13.7. The number of nitrogens with zero attached hydrogens (tertiary/aromatic N) is 3. The van der Waals surface area contributed by atoms with Crippen molar-refractivity contribution in [3.8, 4) is 0 Å². The van der Waals surface area contributed by atoms with Crippen LogP contribution in [-0.4, -0.2) is 46.0 Å². The van der Waals surface area contributed by atoms with Crippen molar-refractivity contribution in [1.29, 1.82) is 0 Å². The third kappa shape index (κ3) is 6.43. The first-order valence-electron chi connectivity index (χ1n) is 10.9. The van der Waals surface area contributed by atoms with Crippen molar-refractivity contribution in [2.75, 3.05) is 13.1 Å². The van der Waals surface area contributed by atoms with Crippen LogP contribution in [0, 0.1) is 12.7 Å². The number of aromatic nitrogens is 2. The van der Waals surface area contributed by atoms with Crippen LogP contribution >= 0.6 is 11.3 Å². The number of carbonyl (C=O) groups excluding carboxylic acids is 2. The van der Waals surface area contributed by atoms with Gasteiger partial charge in [0.15, 0.2) is 0 Å². The second kappa shape index (κ2) is 10.6. The highest BCUT2D eigenvalue weighted by Gasteiger charge is 2.23. The van der Waals surface area contributed by atoms with Gasteiger partial charge in [0.05, 0.1) is 6.54 Å². The molecular weight excluding hydrogens is 441 g/mol. The van der Waals surface area contributed by atoms with Crippen molar-refractivity contribution in [2.24, 2.45) is 0 Å². The summed E-state index contributed by atoms with van der Waals surface area (Å²) in [7, 11) is 0. The molecule has 2 heterocycles. The number of piperidine rings is 1. The predicted octanol–water partition coefficient (Wildman–Crippen LogP) is 3.31. The Labute approximate surface area is 196 Å². The van der Waals surface area contributed by atoms with Gasteiger partial charge in [-0.3, -0.25) is 14.5 Å². The number of carbonyl (C=O) groups is 2. The molecule has 2 amide bonds. The zero-order valence-corrected chi connectivity index (χ0v) is 19.2. The Morgan fingerprint density at radius 3 is 2.42 bits per heavy atom.